The molecule has 0 saturated heterocycles. The number of benzene rings is 2. The zero-order valence-electron chi connectivity index (χ0n) is 14.6. The van der Waals surface area contributed by atoms with Crippen molar-refractivity contribution in [2.75, 3.05) is 7.11 Å². The third kappa shape index (κ3) is 2.48. The molecule has 3 rings (SSSR count). The van der Waals surface area contributed by atoms with Gasteiger partial charge in [0, 0.05) is 0 Å². The van der Waals surface area contributed by atoms with E-state index >= 15 is 0 Å². The first-order valence-corrected chi connectivity index (χ1v) is 8.05. The van der Waals surface area contributed by atoms with Crippen molar-refractivity contribution in [2.45, 2.75) is 26.3 Å². The number of hydrogen-bond acceptors (Lipinski definition) is 3. The lowest BCUT2D eigenvalue weighted by Crippen LogP contribution is -2.48. The van der Waals surface area contributed by atoms with E-state index < -0.39 is 5.54 Å². The minimum atomic E-state index is -0.475. The summed E-state index contributed by atoms with van der Waals surface area (Å²) in [4.78, 5) is 4.21. The van der Waals surface area contributed by atoms with Crippen LogP contribution < -0.4 is 4.74 Å². The highest BCUT2D eigenvalue weighted by molar-refractivity contribution is 5.43. The standard InChI is InChI=1S/C20H23N3O/c1-19(2,3)20(23-15-21-14-22-23,16-8-6-5-7-9-16)17-10-12-18(24-4)13-11-17/h5-15H,1-4H3. The lowest BCUT2D eigenvalue weighted by molar-refractivity contribution is 0.171. The molecule has 1 heterocycles. The largest absolute Gasteiger partial charge is 0.497 e. The molecule has 4 nitrogen and oxygen atoms in total. The van der Waals surface area contributed by atoms with Crippen molar-refractivity contribution >= 4 is 0 Å². The van der Waals surface area contributed by atoms with Crippen molar-refractivity contribution in [1.82, 2.24) is 14.8 Å². The van der Waals surface area contributed by atoms with Crippen LogP contribution in [0.25, 0.3) is 0 Å². The molecule has 124 valence electrons. The molecule has 4 heteroatoms. The van der Waals surface area contributed by atoms with Crippen molar-refractivity contribution < 1.29 is 4.74 Å². The second-order valence-corrected chi connectivity index (χ2v) is 6.89. The molecule has 0 amide bonds. The molecule has 3 aromatic rings. The fourth-order valence-corrected chi connectivity index (χ4v) is 3.53. The smallest absolute Gasteiger partial charge is 0.137 e. The molecule has 2 aromatic carbocycles. The molecule has 0 aliphatic heterocycles. The Kier molecular flexibility index (Phi) is 4.14. The molecule has 0 aliphatic rings. The first-order valence-electron chi connectivity index (χ1n) is 8.05. The fraction of sp³-hybridized carbons (Fsp3) is 0.300. The highest BCUT2D eigenvalue weighted by Gasteiger charge is 2.47. The number of methoxy groups -OCH3 is 1. The van der Waals surface area contributed by atoms with Gasteiger partial charge in [-0.2, -0.15) is 5.10 Å². The van der Waals surface area contributed by atoms with E-state index in [-0.39, 0.29) is 5.41 Å². The van der Waals surface area contributed by atoms with Gasteiger partial charge in [-0.05, 0) is 28.7 Å². The van der Waals surface area contributed by atoms with Crippen molar-refractivity contribution in [3.63, 3.8) is 0 Å². The molecular formula is C20H23N3O. The average molecular weight is 321 g/mol. The maximum absolute atomic E-state index is 5.33. The molecule has 1 aromatic heterocycles. The van der Waals surface area contributed by atoms with Crippen LogP contribution >= 0.6 is 0 Å². The van der Waals surface area contributed by atoms with Crippen molar-refractivity contribution in [2.24, 2.45) is 5.41 Å². The summed E-state index contributed by atoms with van der Waals surface area (Å²) < 4.78 is 7.29. The Bertz CT molecular complexity index is 774. The molecule has 1 unspecified atom stereocenters. The molecule has 0 aliphatic carbocycles. The molecule has 0 bridgehead atoms. The predicted octanol–water partition coefficient (Wildman–Crippen LogP) is 4.12. The summed E-state index contributed by atoms with van der Waals surface area (Å²) >= 11 is 0. The SMILES string of the molecule is COc1ccc(C(c2ccccc2)(n2cncn2)C(C)(C)C)cc1. The van der Waals surface area contributed by atoms with Gasteiger partial charge in [-0.15, -0.1) is 0 Å². The molecule has 0 spiro atoms. The van der Waals surface area contributed by atoms with E-state index in [9.17, 15) is 0 Å². The van der Waals surface area contributed by atoms with E-state index in [1.807, 2.05) is 22.9 Å². The van der Waals surface area contributed by atoms with Gasteiger partial charge < -0.3 is 4.74 Å². The molecule has 0 radical (unpaired) electrons. The Hall–Kier alpha value is -2.62. The summed E-state index contributed by atoms with van der Waals surface area (Å²) in [5, 5.41) is 4.52. The molecule has 24 heavy (non-hydrogen) atoms. The number of nitrogens with zero attached hydrogens (tertiary/aromatic N) is 3. The number of ether oxygens (including phenoxy) is 1. The molecule has 0 fully saturated rings. The average Bonchev–Trinajstić information content (AvgIpc) is 3.10. The minimum absolute atomic E-state index is 0.142. The van der Waals surface area contributed by atoms with Gasteiger partial charge in [-0.1, -0.05) is 63.2 Å². The first kappa shape index (κ1) is 16.2. The van der Waals surface area contributed by atoms with Crippen molar-refractivity contribution in [3.8, 4) is 5.75 Å². The monoisotopic (exact) mass is 321 g/mol. The fourth-order valence-electron chi connectivity index (χ4n) is 3.53. The van der Waals surface area contributed by atoms with Crippen LogP contribution in [-0.2, 0) is 5.54 Å². The van der Waals surface area contributed by atoms with Crippen molar-refractivity contribution in [1.29, 1.82) is 0 Å². The maximum Gasteiger partial charge on any atom is 0.137 e. The zero-order chi connectivity index (χ0) is 17.2. The maximum atomic E-state index is 5.33. The van der Waals surface area contributed by atoms with Gasteiger partial charge in [-0.3, -0.25) is 0 Å². The summed E-state index contributed by atoms with van der Waals surface area (Å²) in [6.07, 6.45) is 3.38. The summed E-state index contributed by atoms with van der Waals surface area (Å²) in [7, 11) is 1.68. The van der Waals surface area contributed by atoms with E-state index in [4.69, 9.17) is 4.74 Å². The van der Waals surface area contributed by atoms with Crippen LogP contribution in [0.15, 0.2) is 67.3 Å². The second-order valence-electron chi connectivity index (χ2n) is 6.89. The minimum Gasteiger partial charge on any atom is -0.497 e. The number of aromatic nitrogens is 3. The molecular weight excluding hydrogens is 298 g/mol. The van der Waals surface area contributed by atoms with Crippen LogP contribution in [0.5, 0.6) is 5.75 Å². The molecule has 0 saturated carbocycles. The highest BCUT2D eigenvalue weighted by atomic mass is 16.5. The van der Waals surface area contributed by atoms with Gasteiger partial charge in [0.2, 0.25) is 0 Å². The topological polar surface area (TPSA) is 39.9 Å². The van der Waals surface area contributed by atoms with Crippen LogP contribution in [0.4, 0.5) is 0 Å². The van der Waals surface area contributed by atoms with Crippen LogP contribution in [0.2, 0.25) is 0 Å². The Morgan fingerprint density at radius 3 is 2.00 bits per heavy atom. The van der Waals surface area contributed by atoms with E-state index in [0.717, 1.165) is 11.3 Å². The highest BCUT2D eigenvalue weighted by Crippen LogP contribution is 2.47. The Morgan fingerprint density at radius 1 is 0.875 bits per heavy atom. The normalized spacial score (nSPS) is 14.2. The van der Waals surface area contributed by atoms with Crippen LogP contribution in [0.3, 0.4) is 0 Å². The molecule has 1 atom stereocenters. The summed E-state index contributed by atoms with van der Waals surface area (Å²) in [6, 6.07) is 18.7. The second kappa shape index (κ2) is 6.11. The quantitative estimate of drug-likeness (QED) is 0.725. The summed E-state index contributed by atoms with van der Waals surface area (Å²) in [5.41, 5.74) is 1.70. The Labute approximate surface area is 143 Å². The van der Waals surface area contributed by atoms with Gasteiger partial charge in [0.05, 0.1) is 7.11 Å². The lowest BCUT2D eigenvalue weighted by Gasteiger charge is -2.45. The van der Waals surface area contributed by atoms with Crippen LogP contribution in [0, 0.1) is 5.41 Å². The Balaban J connectivity index is 2.34. The summed E-state index contributed by atoms with van der Waals surface area (Å²) in [5.74, 6) is 0.841. The summed E-state index contributed by atoms with van der Waals surface area (Å²) in [6.45, 7) is 6.68. The Morgan fingerprint density at radius 2 is 1.50 bits per heavy atom. The van der Waals surface area contributed by atoms with E-state index in [1.54, 1.807) is 19.8 Å². The van der Waals surface area contributed by atoms with E-state index in [0.29, 0.717) is 0 Å². The van der Waals surface area contributed by atoms with Crippen molar-refractivity contribution in [3.05, 3.63) is 78.4 Å². The first-order chi connectivity index (χ1) is 11.5. The lowest BCUT2D eigenvalue weighted by atomic mass is 9.65. The van der Waals surface area contributed by atoms with E-state index in [2.05, 4.69) is 67.3 Å². The van der Waals surface area contributed by atoms with Gasteiger partial charge in [0.15, 0.2) is 0 Å². The van der Waals surface area contributed by atoms with Gasteiger partial charge in [0.1, 0.15) is 23.9 Å². The molecule has 0 N–H and O–H groups in total. The van der Waals surface area contributed by atoms with Gasteiger partial charge in [-0.25, -0.2) is 9.67 Å². The van der Waals surface area contributed by atoms with Crippen LogP contribution in [0.1, 0.15) is 31.9 Å². The number of hydrogen-bond donors (Lipinski definition) is 0. The zero-order valence-corrected chi connectivity index (χ0v) is 14.6. The number of rotatable bonds is 4. The van der Waals surface area contributed by atoms with E-state index in [1.165, 1.54) is 5.56 Å². The van der Waals surface area contributed by atoms with Gasteiger partial charge >= 0.3 is 0 Å². The third-order valence-corrected chi connectivity index (χ3v) is 4.55. The third-order valence-electron chi connectivity index (χ3n) is 4.55. The predicted molar refractivity (Wildman–Crippen MR) is 95.1 cm³/mol. The van der Waals surface area contributed by atoms with Crippen LogP contribution in [-0.4, -0.2) is 21.9 Å². The van der Waals surface area contributed by atoms with Gasteiger partial charge in [0.25, 0.3) is 0 Å².